The standard InChI is InChI=1S/C16H16BrF2NO/c1-20-16(13-5-3-11(18)9-15(13)19)8-10-7-12(21-2)4-6-14(10)17/h3-7,9,16,20H,8H2,1-2H3. The molecule has 0 saturated carbocycles. The fourth-order valence-corrected chi connectivity index (χ4v) is 2.61. The molecule has 21 heavy (non-hydrogen) atoms. The Morgan fingerprint density at radius 3 is 2.57 bits per heavy atom. The van der Waals surface area contributed by atoms with Crippen LogP contribution in [0.3, 0.4) is 0 Å². The molecule has 2 aromatic rings. The second kappa shape index (κ2) is 7.00. The first-order valence-corrected chi connectivity index (χ1v) is 7.29. The normalized spacial score (nSPS) is 12.2. The number of hydrogen-bond acceptors (Lipinski definition) is 2. The van der Waals surface area contributed by atoms with Crippen molar-refractivity contribution in [3.8, 4) is 5.75 Å². The largest absolute Gasteiger partial charge is 0.497 e. The van der Waals surface area contributed by atoms with Gasteiger partial charge in [-0.2, -0.15) is 0 Å². The Bertz CT molecular complexity index is 634. The summed E-state index contributed by atoms with van der Waals surface area (Å²) in [4.78, 5) is 0. The van der Waals surface area contributed by atoms with Gasteiger partial charge in [0.25, 0.3) is 0 Å². The molecule has 1 atom stereocenters. The highest BCUT2D eigenvalue weighted by molar-refractivity contribution is 9.10. The first-order valence-electron chi connectivity index (χ1n) is 6.49. The van der Waals surface area contributed by atoms with E-state index in [1.54, 1.807) is 14.2 Å². The summed E-state index contributed by atoms with van der Waals surface area (Å²) < 4.78 is 33.1. The molecular formula is C16H16BrF2NO. The van der Waals surface area contributed by atoms with Crippen molar-refractivity contribution < 1.29 is 13.5 Å². The van der Waals surface area contributed by atoms with Crippen molar-refractivity contribution in [3.05, 3.63) is 63.6 Å². The molecule has 0 amide bonds. The zero-order valence-corrected chi connectivity index (χ0v) is 13.4. The summed E-state index contributed by atoms with van der Waals surface area (Å²) >= 11 is 3.48. The lowest BCUT2D eigenvalue weighted by atomic mass is 9.98. The first kappa shape index (κ1) is 15.9. The van der Waals surface area contributed by atoms with Crippen LogP contribution in [0.15, 0.2) is 40.9 Å². The van der Waals surface area contributed by atoms with E-state index < -0.39 is 11.6 Å². The predicted molar refractivity (Wildman–Crippen MR) is 82.6 cm³/mol. The highest BCUT2D eigenvalue weighted by Crippen LogP contribution is 2.28. The number of rotatable bonds is 5. The Morgan fingerprint density at radius 2 is 1.95 bits per heavy atom. The topological polar surface area (TPSA) is 21.3 Å². The molecule has 2 rings (SSSR count). The molecule has 0 heterocycles. The monoisotopic (exact) mass is 355 g/mol. The molecule has 0 aliphatic heterocycles. The summed E-state index contributed by atoms with van der Waals surface area (Å²) in [5.41, 5.74) is 1.42. The van der Waals surface area contributed by atoms with Gasteiger partial charge < -0.3 is 10.1 Å². The van der Waals surface area contributed by atoms with Gasteiger partial charge in [0.2, 0.25) is 0 Å². The summed E-state index contributed by atoms with van der Waals surface area (Å²) in [5.74, 6) is -0.385. The van der Waals surface area contributed by atoms with Gasteiger partial charge in [0.1, 0.15) is 17.4 Å². The lowest BCUT2D eigenvalue weighted by Crippen LogP contribution is -2.20. The van der Waals surface area contributed by atoms with Crippen molar-refractivity contribution in [1.29, 1.82) is 0 Å². The lowest BCUT2D eigenvalue weighted by Gasteiger charge is -2.19. The first-order chi connectivity index (χ1) is 10.0. The number of methoxy groups -OCH3 is 1. The minimum Gasteiger partial charge on any atom is -0.497 e. The zero-order chi connectivity index (χ0) is 15.4. The molecule has 0 aliphatic carbocycles. The average Bonchev–Trinajstić information content (AvgIpc) is 2.47. The number of halogens is 3. The molecule has 0 bridgehead atoms. The molecule has 1 unspecified atom stereocenters. The SMILES string of the molecule is CNC(Cc1cc(OC)ccc1Br)c1ccc(F)cc1F. The van der Waals surface area contributed by atoms with Gasteiger partial charge in [0, 0.05) is 22.1 Å². The van der Waals surface area contributed by atoms with Crippen LogP contribution in [-0.4, -0.2) is 14.2 Å². The molecule has 1 N–H and O–H groups in total. The molecule has 2 nitrogen and oxygen atoms in total. The van der Waals surface area contributed by atoms with Gasteiger partial charge in [-0.25, -0.2) is 8.78 Å². The van der Waals surface area contributed by atoms with E-state index in [1.165, 1.54) is 12.1 Å². The van der Waals surface area contributed by atoms with Gasteiger partial charge in [-0.15, -0.1) is 0 Å². The van der Waals surface area contributed by atoms with E-state index in [0.717, 1.165) is 21.9 Å². The Morgan fingerprint density at radius 1 is 1.19 bits per heavy atom. The minimum absolute atomic E-state index is 0.256. The third-order valence-electron chi connectivity index (χ3n) is 3.36. The van der Waals surface area contributed by atoms with Crippen LogP contribution in [0.5, 0.6) is 5.75 Å². The molecule has 0 aliphatic rings. The summed E-state index contributed by atoms with van der Waals surface area (Å²) in [5, 5.41) is 3.07. The Balaban J connectivity index is 2.30. The van der Waals surface area contributed by atoms with E-state index in [0.29, 0.717) is 12.0 Å². The quantitative estimate of drug-likeness (QED) is 0.865. The average molecular weight is 356 g/mol. The van der Waals surface area contributed by atoms with Crippen LogP contribution >= 0.6 is 15.9 Å². The maximum Gasteiger partial charge on any atom is 0.130 e. The van der Waals surface area contributed by atoms with Crippen molar-refractivity contribution in [2.75, 3.05) is 14.2 Å². The van der Waals surface area contributed by atoms with Crippen molar-refractivity contribution in [3.63, 3.8) is 0 Å². The van der Waals surface area contributed by atoms with Crippen LogP contribution in [-0.2, 0) is 6.42 Å². The number of nitrogens with one attached hydrogen (secondary N) is 1. The number of benzene rings is 2. The third-order valence-corrected chi connectivity index (χ3v) is 4.14. The van der Waals surface area contributed by atoms with Gasteiger partial charge in [0.15, 0.2) is 0 Å². The van der Waals surface area contributed by atoms with Crippen LogP contribution in [0.25, 0.3) is 0 Å². The zero-order valence-electron chi connectivity index (χ0n) is 11.8. The summed E-state index contributed by atoms with van der Waals surface area (Å²) in [6, 6.07) is 9.02. The van der Waals surface area contributed by atoms with Gasteiger partial charge >= 0.3 is 0 Å². The van der Waals surface area contributed by atoms with Gasteiger partial charge in [-0.1, -0.05) is 22.0 Å². The molecule has 0 aromatic heterocycles. The highest BCUT2D eigenvalue weighted by atomic mass is 79.9. The fourth-order valence-electron chi connectivity index (χ4n) is 2.21. The molecule has 2 aromatic carbocycles. The number of likely N-dealkylation sites (N-methyl/N-ethyl adjacent to an activating group) is 1. The number of ether oxygens (including phenoxy) is 1. The second-order valence-electron chi connectivity index (χ2n) is 4.67. The van der Waals surface area contributed by atoms with Crippen LogP contribution in [0, 0.1) is 11.6 Å². The van der Waals surface area contributed by atoms with Crippen LogP contribution in [0.4, 0.5) is 8.78 Å². The summed E-state index contributed by atoms with van der Waals surface area (Å²) in [7, 11) is 3.35. The lowest BCUT2D eigenvalue weighted by molar-refractivity contribution is 0.413. The van der Waals surface area contributed by atoms with E-state index in [4.69, 9.17) is 4.74 Å². The van der Waals surface area contributed by atoms with Crippen molar-refractivity contribution >= 4 is 15.9 Å². The highest BCUT2D eigenvalue weighted by Gasteiger charge is 2.17. The van der Waals surface area contributed by atoms with Crippen molar-refractivity contribution in [2.45, 2.75) is 12.5 Å². The molecule has 0 fully saturated rings. The molecule has 112 valence electrons. The van der Waals surface area contributed by atoms with E-state index in [2.05, 4.69) is 21.2 Å². The smallest absolute Gasteiger partial charge is 0.130 e. The predicted octanol–water partition coefficient (Wildman–Crippen LogP) is 4.24. The molecule has 0 radical (unpaired) electrons. The molecule has 5 heteroatoms. The van der Waals surface area contributed by atoms with Gasteiger partial charge in [0.05, 0.1) is 7.11 Å². The second-order valence-corrected chi connectivity index (χ2v) is 5.52. The summed E-state index contributed by atoms with van der Waals surface area (Å²) in [6.45, 7) is 0. The van der Waals surface area contributed by atoms with E-state index in [9.17, 15) is 8.78 Å². The van der Waals surface area contributed by atoms with Gasteiger partial charge in [-0.3, -0.25) is 0 Å². The molecular weight excluding hydrogens is 340 g/mol. The van der Waals surface area contributed by atoms with Crippen molar-refractivity contribution in [2.24, 2.45) is 0 Å². The van der Waals surface area contributed by atoms with E-state index in [1.807, 2.05) is 18.2 Å². The Hall–Kier alpha value is -1.46. The summed E-state index contributed by atoms with van der Waals surface area (Å²) in [6.07, 6.45) is 0.552. The van der Waals surface area contributed by atoms with E-state index in [-0.39, 0.29) is 6.04 Å². The molecule has 0 saturated heterocycles. The van der Waals surface area contributed by atoms with E-state index >= 15 is 0 Å². The fraction of sp³-hybridized carbons (Fsp3) is 0.250. The maximum absolute atomic E-state index is 13.9. The van der Waals surface area contributed by atoms with Crippen molar-refractivity contribution in [1.82, 2.24) is 5.32 Å². The Labute approximate surface area is 131 Å². The van der Waals surface area contributed by atoms with Crippen LogP contribution < -0.4 is 10.1 Å². The Kier molecular flexibility index (Phi) is 5.31. The third kappa shape index (κ3) is 3.80. The van der Waals surface area contributed by atoms with Crippen LogP contribution in [0.1, 0.15) is 17.2 Å². The molecule has 0 spiro atoms. The maximum atomic E-state index is 13.9. The van der Waals surface area contributed by atoms with Crippen LogP contribution in [0.2, 0.25) is 0 Å². The van der Waals surface area contributed by atoms with Gasteiger partial charge in [-0.05, 0) is 43.3 Å². The minimum atomic E-state index is -0.575. The number of hydrogen-bond donors (Lipinski definition) is 1.